The molecule has 0 radical (unpaired) electrons. The van der Waals surface area contributed by atoms with E-state index in [0.29, 0.717) is 12.8 Å². The van der Waals surface area contributed by atoms with Gasteiger partial charge in [-0.1, -0.05) is 25.0 Å². The van der Waals surface area contributed by atoms with Crippen LogP contribution in [0.3, 0.4) is 0 Å². The van der Waals surface area contributed by atoms with Crippen molar-refractivity contribution in [1.29, 1.82) is 5.26 Å². The summed E-state index contributed by atoms with van der Waals surface area (Å²) in [6, 6.07) is 8.40. The summed E-state index contributed by atoms with van der Waals surface area (Å²) in [4.78, 5) is 12.5. The van der Waals surface area contributed by atoms with Gasteiger partial charge in [0.1, 0.15) is 5.41 Å². The van der Waals surface area contributed by atoms with Crippen molar-refractivity contribution in [2.75, 3.05) is 5.32 Å². The maximum atomic E-state index is 12.5. The zero-order valence-electron chi connectivity index (χ0n) is 11.7. The summed E-state index contributed by atoms with van der Waals surface area (Å²) < 4.78 is 0. The normalized spacial score (nSPS) is 19.9. The summed E-state index contributed by atoms with van der Waals surface area (Å²) >= 11 is 0. The molecule has 0 heterocycles. The Hall–Kier alpha value is -1.82. The van der Waals surface area contributed by atoms with Crippen LogP contribution < -0.4 is 5.32 Å². The van der Waals surface area contributed by atoms with Crippen LogP contribution in [0.2, 0.25) is 0 Å². The highest BCUT2D eigenvalue weighted by Crippen LogP contribution is 2.39. The van der Waals surface area contributed by atoms with E-state index >= 15 is 0 Å². The zero-order chi connectivity index (χ0) is 14.0. The molecular formula is C17H20N2O. The van der Waals surface area contributed by atoms with Crippen molar-refractivity contribution in [3.05, 3.63) is 29.3 Å². The highest BCUT2D eigenvalue weighted by molar-refractivity contribution is 5.98. The first-order chi connectivity index (χ1) is 9.75. The van der Waals surface area contributed by atoms with E-state index in [4.69, 9.17) is 0 Å². The quantitative estimate of drug-likeness (QED) is 0.891. The van der Waals surface area contributed by atoms with Gasteiger partial charge in [-0.2, -0.15) is 5.26 Å². The summed E-state index contributed by atoms with van der Waals surface area (Å²) in [6.07, 6.45) is 7.90. The van der Waals surface area contributed by atoms with E-state index < -0.39 is 5.41 Å². The Morgan fingerprint density at radius 2 is 1.90 bits per heavy atom. The lowest BCUT2D eigenvalue weighted by molar-refractivity contribution is -0.122. The maximum absolute atomic E-state index is 12.5. The highest BCUT2D eigenvalue weighted by atomic mass is 16.2. The van der Waals surface area contributed by atoms with Crippen LogP contribution in [0.5, 0.6) is 0 Å². The number of aryl methyl sites for hydroxylation is 1. The third kappa shape index (κ3) is 2.20. The van der Waals surface area contributed by atoms with Gasteiger partial charge in [0.15, 0.2) is 0 Å². The number of nitriles is 1. The van der Waals surface area contributed by atoms with E-state index in [9.17, 15) is 10.1 Å². The van der Waals surface area contributed by atoms with Gasteiger partial charge >= 0.3 is 0 Å². The van der Waals surface area contributed by atoms with E-state index in [1.54, 1.807) is 0 Å². The Labute approximate surface area is 120 Å². The van der Waals surface area contributed by atoms with Crippen molar-refractivity contribution < 1.29 is 4.79 Å². The molecule has 3 heteroatoms. The fourth-order valence-electron chi connectivity index (χ4n) is 3.51. The Balaban J connectivity index is 1.85. The van der Waals surface area contributed by atoms with Gasteiger partial charge in [-0.25, -0.2) is 0 Å². The molecule has 0 saturated heterocycles. The molecule has 1 N–H and O–H groups in total. The van der Waals surface area contributed by atoms with Crippen molar-refractivity contribution in [1.82, 2.24) is 0 Å². The SMILES string of the molecule is N#CC1(C(=O)Nc2cccc3c2CCCC3)CCCC1. The molecule has 2 aliphatic rings. The van der Waals surface area contributed by atoms with E-state index in [1.165, 1.54) is 24.0 Å². The fraction of sp³-hybridized carbons (Fsp3) is 0.529. The average molecular weight is 268 g/mol. The van der Waals surface area contributed by atoms with Crippen molar-refractivity contribution in [3.8, 4) is 6.07 Å². The van der Waals surface area contributed by atoms with Crippen LogP contribution in [0.1, 0.15) is 49.7 Å². The first kappa shape index (κ1) is 13.2. The first-order valence-corrected chi connectivity index (χ1v) is 7.59. The predicted octanol–water partition coefficient (Wildman–Crippen LogP) is 3.59. The van der Waals surface area contributed by atoms with Crippen molar-refractivity contribution in [2.24, 2.45) is 5.41 Å². The number of amides is 1. The molecule has 0 aromatic heterocycles. The van der Waals surface area contributed by atoms with Gasteiger partial charge in [0, 0.05) is 5.69 Å². The van der Waals surface area contributed by atoms with Gasteiger partial charge in [-0.05, 0) is 55.7 Å². The molecule has 0 aliphatic heterocycles. The van der Waals surface area contributed by atoms with Crippen LogP contribution in [0.15, 0.2) is 18.2 Å². The van der Waals surface area contributed by atoms with E-state index in [1.807, 2.05) is 12.1 Å². The number of hydrogen-bond acceptors (Lipinski definition) is 2. The monoisotopic (exact) mass is 268 g/mol. The lowest BCUT2D eigenvalue weighted by Gasteiger charge is -2.23. The number of benzene rings is 1. The summed E-state index contributed by atoms with van der Waals surface area (Å²) in [6.45, 7) is 0. The molecule has 2 aliphatic carbocycles. The smallest absolute Gasteiger partial charge is 0.244 e. The number of fused-ring (bicyclic) bond motifs is 1. The average Bonchev–Trinajstić information content (AvgIpc) is 2.98. The minimum absolute atomic E-state index is 0.100. The summed E-state index contributed by atoms with van der Waals surface area (Å²) in [5.74, 6) is -0.100. The predicted molar refractivity (Wildman–Crippen MR) is 78.2 cm³/mol. The van der Waals surface area contributed by atoms with Crippen molar-refractivity contribution >= 4 is 11.6 Å². The van der Waals surface area contributed by atoms with E-state index in [2.05, 4.69) is 17.5 Å². The molecule has 20 heavy (non-hydrogen) atoms. The number of rotatable bonds is 2. The highest BCUT2D eigenvalue weighted by Gasteiger charge is 2.41. The van der Waals surface area contributed by atoms with Crippen LogP contribution in [-0.4, -0.2) is 5.91 Å². The molecule has 3 rings (SSSR count). The zero-order valence-corrected chi connectivity index (χ0v) is 11.7. The van der Waals surface area contributed by atoms with Crippen molar-refractivity contribution in [3.63, 3.8) is 0 Å². The van der Waals surface area contributed by atoms with Crippen LogP contribution in [0.4, 0.5) is 5.69 Å². The van der Waals surface area contributed by atoms with Gasteiger partial charge in [-0.15, -0.1) is 0 Å². The number of anilines is 1. The molecule has 0 bridgehead atoms. The number of carbonyl (C=O) groups excluding carboxylic acids is 1. The second-order valence-corrected chi connectivity index (χ2v) is 6.01. The molecule has 0 atom stereocenters. The molecule has 1 amide bonds. The number of nitrogens with one attached hydrogen (secondary N) is 1. The molecule has 104 valence electrons. The topological polar surface area (TPSA) is 52.9 Å². The molecule has 1 fully saturated rings. The standard InChI is InChI=1S/C17H20N2O/c18-12-17(10-3-4-11-17)16(20)19-15-9-5-7-13-6-1-2-8-14(13)15/h5,7,9H,1-4,6,8,10-11H2,(H,19,20). The molecule has 1 aromatic rings. The van der Waals surface area contributed by atoms with Gasteiger partial charge in [0.25, 0.3) is 0 Å². The Morgan fingerprint density at radius 3 is 2.65 bits per heavy atom. The molecule has 3 nitrogen and oxygen atoms in total. The third-order valence-corrected chi connectivity index (χ3v) is 4.75. The first-order valence-electron chi connectivity index (χ1n) is 7.59. The van der Waals surface area contributed by atoms with Gasteiger partial charge in [0.2, 0.25) is 5.91 Å². The van der Waals surface area contributed by atoms with Crippen LogP contribution in [-0.2, 0) is 17.6 Å². The van der Waals surface area contributed by atoms with Crippen LogP contribution in [0.25, 0.3) is 0 Å². The van der Waals surface area contributed by atoms with Gasteiger partial charge < -0.3 is 5.32 Å². The summed E-state index contributed by atoms with van der Waals surface area (Å²) in [5, 5.41) is 12.4. The maximum Gasteiger partial charge on any atom is 0.244 e. The second-order valence-electron chi connectivity index (χ2n) is 6.01. The minimum atomic E-state index is -0.794. The molecule has 0 spiro atoms. The Kier molecular flexibility index (Phi) is 3.48. The molecule has 1 saturated carbocycles. The lowest BCUT2D eigenvalue weighted by Crippen LogP contribution is -2.32. The minimum Gasteiger partial charge on any atom is -0.324 e. The molecule has 0 unspecified atom stereocenters. The lowest BCUT2D eigenvalue weighted by atomic mass is 9.86. The largest absolute Gasteiger partial charge is 0.324 e. The van der Waals surface area contributed by atoms with E-state index in [-0.39, 0.29) is 5.91 Å². The van der Waals surface area contributed by atoms with Crippen LogP contribution >= 0.6 is 0 Å². The second kappa shape index (κ2) is 5.28. The summed E-state index contributed by atoms with van der Waals surface area (Å²) in [7, 11) is 0. The molecule has 1 aromatic carbocycles. The van der Waals surface area contributed by atoms with Gasteiger partial charge in [0.05, 0.1) is 6.07 Å². The van der Waals surface area contributed by atoms with E-state index in [0.717, 1.165) is 31.4 Å². The summed E-state index contributed by atoms with van der Waals surface area (Å²) in [5.41, 5.74) is 2.76. The molecular weight excluding hydrogens is 248 g/mol. The Bertz CT molecular complexity index is 565. The fourth-order valence-corrected chi connectivity index (χ4v) is 3.51. The third-order valence-electron chi connectivity index (χ3n) is 4.75. The number of hydrogen-bond donors (Lipinski definition) is 1. The Morgan fingerprint density at radius 1 is 1.15 bits per heavy atom. The number of carbonyl (C=O) groups is 1. The van der Waals surface area contributed by atoms with Crippen molar-refractivity contribution in [2.45, 2.75) is 51.4 Å². The number of nitrogens with zero attached hydrogens (tertiary/aromatic N) is 1. The van der Waals surface area contributed by atoms with Gasteiger partial charge in [-0.3, -0.25) is 4.79 Å². The van der Waals surface area contributed by atoms with Crippen LogP contribution in [0, 0.1) is 16.7 Å².